The molecule has 0 radical (unpaired) electrons. The van der Waals surface area contributed by atoms with Crippen molar-refractivity contribution in [2.45, 2.75) is 19.2 Å². The molecule has 10 heteroatoms. The third kappa shape index (κ3) is 4.29. The predicted molar refractivity (Wildman–Crippen MR) is 103 cm³/mol. The number of sulfonamides is 1. The van der Waals surface area contributed by atoms with Gasteiger partial charge in [0.2, 0.25) is 16.0 Å². The Morgan fingerprint density at radius 1 is 1.18 bits per heavy atom. The highest BCUT2D eigenvalue weighted by atomic mass is 32.2. The Bertz CT molecular complexity index is 1080. The van der Waals surface area contributed by atoms with Gasteiger partial charge in [0, 0.05) is 24.2 Å². The number of ether oxygens (including phenoxy) is 1. The molecule has 1 fully saturated rings. The number of rotatable bonds is 6. The number of para-hydroxylation sites is 1. The van der Waals surface area contributed by atoms with Crippen LogP contribution in [0.2, 0.25) is 0 Å². The van der Waals surface area contributed by atoms with Crippen molar-refractivity contribution in [3.05, 3.63) is 47.4 Å². The fourth-order valence-corrected chi connectivity index (χ4v) is 4.11. The quantitative estimate of drug-likeness (QED) is 0.657. The molecule has 3 aromatic rings. The normalized spacial score (nSPS) is 15.2. The molecule has 9 nitrogen and oxygen atoms in total. The van der Waals surface area contributed by atoms with Crippen LogP contribution in [0.25, 0.3) is 11.0 Å². The molecule has 1 aromatic carbocycles. The topological polar surface area (TPSA) is 110 Å². The number of benzene rings is 1. The van der Waals surface area contributed by atoms with E-state index in [1.807, 2.05) is 24.0 Å². The molecular weight excluding hydrogens is 382 g/mol. The van der Waals surface area contributed by atoms with Gasteiger partial charge in [-0.1, -0.05) is 17.3 Å². The first-order chi connectivity index (χ1) is 13.5. The summed E-state index contributed by atoms with van der Waals surface area (Å²) in [5.41, 5.74) is 2.35. The fraction of sp³-hybridized carbons (Fsp3) is 0.389. The highest BCUT2D eigenvalue weighted by Crippen LogP contribution is 2.19. The summed E-state index contributed by atoms with van der Waals surface area (Å²) >= 11 is 0. The van der Waals surface area contributed by atoms with Crippen LogP contribution in [0, 0.1) is 6.92 Å². The van der Waals surface area contributed by atoms with E-state index < -0.39 is 10.0 Å². The van der Waals surface area contributed by atoms with Gasteiger partial charge in [-0.05, 0) is 25.1 Å². The van der Waals surface area contributed by atoms with Crippen molar-refractivity contribution < 1.29 is 17.7 Å². The number of nitrogens with one attached hydrogen (secondary N) is 1. The molecule has 1 N–H and O–H groups in total. The lowest BCUT2D eigenvalue weighted by atomic mass is 10.2. The van der Waals surface area contributed by atoms with Crippen LogP contribution in [0.15, 0.2) is 34.9 Å². The number of fused-ring (bicyclic) bond motifs is 1. The number of nitrogens with zero attached hydrogens (tertiary/aromatic N) is 4. The van der Waals surface area contributed by atoms with E-state index in [1.54, 1.807) is 18.2 Å². The number of morpholine rings is 1. The Kier molecular flexibility index (Phi) is 5.25. The molecule has 28 heavy (non-hydrogen) atoms. The predicted octanol–water partition coefficient (Wildman–Crippen LogP) is 1.38. The molecule has 1 saturated heterocycles. The number of aromatic nitrogens is 3. The van der Waals surface area contributed by atoms with E-state index >= 15 is 0 Å². The van der Waals surface area contributed by atoms with Crippen LogP contribution < -0.4 is 9.62 Å². The minimum absolute atomic E-state index is 0.0822. The zero-order valence-electron chi connectivity index (χ0n) is 15.5. The first-order valence-corrected chi connectivity index (χ1v) is 10.6. The minimum Gasteiger partial charge on any atom is -0.378 e. The van der Waals surface area contributed by atoms with Crippen LogP contribution in [0.1, 0.15) is 17.1 Å². The van der Waals surface area contributed by atoms with Gasteiger partial charge in [-0.15, -0.1) is 0 Å². The summed E-state index contributed by atoms with van der Waals surface area (Å²) in [6.45, 7) is 4.64. The van der Waals surface area contributed by atoms with E-state index in [-0.39, 0.29) is 12.3 Å². The maximum atomic E-state index is 12.5. The van der Waals surface area contributed by atoms with Gasteiger partial charge < -0.3 is 14.2 Å². The van der Waals surface area contributed by atoms with Gasteiger partial charge in [0.1, 0.15) is 11.4 Å². The van der Waals surface area contributed by atoms with Crippen LogP contribution in [0.5, 0.6) is 0 Å². The van der Waals surface area contributed by atoms with Gasteiger partial charge in [-0.25, -0.2) is 23.1 Å². The first kappa shape index (κ1) is 18.8. The van der Waals surface area contributed by atoms with Crippen LogP contribution in [0.3, 0.4) is 0 Å². The highest BCUT2D eigenvalue weighted by Gasteiger charge is 2.19. The van der Waals surface area contributed by atoms with Crippen molar-refractivity contribution in [2.75, 3.05) is 31.2 Å². The van der Waals surface area contributed by atoms with E-state index in [0.29, 0.717) is 54.6 Å². The van der Waals surface area contributed by atoms with E-state index in [4.69, 9.17) is 9.26 Å². The molecular formula is C18H21N5O4S. The van der Waals surface area contributed by atoms with Gasteiger partial charge in [0.25, 0.3) is 0 Å². The van der Waals surface area contributed by atoms with Crippen molar-refractivity contribution in [1.82, 2.24) is 19.8 Å². The molecule has 0 spiro atoms. The Hall–Kier alpha value is -2.56. The van der Waals surface area contributed by atoms with Crippen molar-refractivity contribution in [2.24, 2.45) is 0 Å². The summed E-state index contributed by atoms with van der Waals surface area (Å²) in [5, 5.41) is 4.58. The fourth-order valence-electron chi connectivity index (χ4n) is 3.07. The lowest BCUT2D eigenvalue weighted by Gasteiger charge is -2.27. The molecule has 2 aromatic heterocycles. The summed E-state index contributed by atoms with van der Waals surface area (Å²) in [6.07, 6.45) is 0. The molecule has 0 unspecified atom stereocenters. The Morgan fingerprint density at radius 2 is 1.96 bits per heavy atom. The molecule has 0 amide bonds. The molecule has 1 aliphatic rings. The standard InChI is InChI=1S/C18H21N5O4S/c1-13-10-14(21-18(20-13)23-6-8-26-9-7-23)11-19-28(24,25)12-16-15-4-2-3-5-17(15)27-22-16/h2-5,10,19H,6-9,11-12H2,1H3. The van der Waals surface area contributed by atoms with E-state index in [2.05, 4.69) is 19.8 Å². The lowest BCUT2D eigenvalue weighted by molar-refractivity contribution is 0.122. The zero-order valence-corrected chi connectivity index (χ0v) is 16.3. The zero-order chi connectivity index (χ0) is 19.6. The summed E-state index contributed by atoms with van der Waals surface area (Å²) in [4.78, 5) is 11.0. The van der Waals surface area contributed by atoms with Crippen molar-refractivity contribution in [1.29, 1.82) is 0 Å². The van der Waals surface area contributed by atoms with Crippen molar-refractivity contribution >= 4 is 26.9 Å². The number of aryl methyl sites for hydroxylation is 1. The van der Waals surface area contributed by atoms with Crippen molar-refractivity contribution in [3.63, 3.8) is 0 Å². The van der Waals surface area contributed by atoms with E-state index in [9.17, 15) is 8.42 Å². The molecule has 1 aliphatic heterocycles. The summed E-state index contributed by atoms with van der Waals surface area (Å²) in [6, 6.07) is 8.95. The average molecular weight is 403 g/mol. The van der Waals surface area contributed by atoms with Gasteiger partial charge >= 0.3 is 0 Å². The number of anilines is 1. The van der Waals surface area contributed by atoms with E-state index in [0.717, 1.165) is 5.69 Å². The van der Waals surface area contributed by atoms with Crippen LogP contribution in [-0.4, -0.2) is 49.8 Å². The van der Waals surface area contributed by atoms with Crippen LogP contribution in [0.4, 0.5) is 5.95 Å². The molecule has 0 bridgehead atoms. The van der Waals surface area contributed by atoms with Crippen LogP contribution in [-0.2, 0) is 27.1 Å². The maximum Gasteiger partial charge on any atom is 0.225 e. The molecule has 3 heterocycles. The Morgan fingerprint density at radius 3 is 2.79 bits per heavy atom. The Labute approximate surface area is 162 Å². The lowest BCUT2D eigenvalue weighted by Crippen LogP contribution is -2.37. The van der Waals surface area contributed by atoms with Gasteiger partial charge in [-0.2, -0.15) is 0 Å². The SMILES string of the molecule is Cc1cc(CNS(=O)(=O)Cc2noc3ccccc23)nc(N2CCOCC2)n1. The minimum atomic E-state index is -3.61. The largest absolute Gasteiger partial charge is 0.378 e. The molecule has 0 atom stereocenters. The first-order valence-electron chi connectivity index (χ1n) is 8.98. The van der Waals surface area contributed by atoms with Gasteiger partial charge in [0.15, 0.2) is 5.58 Å². The third-order valence-corrected chi connectivity index (χ3v) is 5.68. The van der Waals surface area contributed by atoms with E-state index in [1.165, 1.54) is 0 Å². The second-order valence-corrected chi connectivity index (χ2v) is 8.41. The highest BCUT2D eigenvalue weighted by molar-refractivity contribution is 7.88. The smallest absolute Gasteiger partial charge is 0.225 e. The molecule has 4 rings (SSSR count). The number of hydrogen-bond donors (Lipinski definition) is 1. The molecule has 148 valence electrons. The van der Waals surface area contributed by atoms with Gasteiger partial charge in [-0.3, -0.25) is 0 Å². The summed E-state index contributed by atoms with van der Waals surface area (Å²) < 4.78 is 38.2. The third-order valence-electron chi connectivity index (χ3n) is 4.44. The molecule has 0 saturated carbocycles. The Balaban J connectivity index is 1.46. The second kappa shape index (κ2) is 7.82. The van der Waals surface area contributed by atoms with Crippen LogP contribution >= 0.6 is 0 Å². The van der Waals surface area contributed by atoms with Gasteiger partial charge in [0.05, 0.1) is 25.5 Å². The second-order valence-electron chi connectivity index (χ2n) is 6.61. The monoisotopic (exact) mass is 403 g/mol. The maximum absolute atomic E-state index is 12.5. The molecule has 0 aliphatic carbocycles. The summed E-state index contributed by atoms with van der Waals surface area (Å²) in [5.74, 6) is 0.338. The number of hydrogen-bond acceptors (Lipinski definition) is 8. The summed E-state index contributed by atoms with van der Waals surface area (Å²) in [7, 11) is -3.61. The van der Waals surface area contributed by atoms with Crippen molar-refractivity contribution in [3.8, 4) is 0 Å². The average Bonchev–Trinajstić information content (AvgIpc) is 3.09.